The minimum absolute atomic E-state index is 0.116. The second-order valence-electron chi connectivity index (χ2n) is 17.4. The lowest BCUT2D eigenvalue weighted by Crippen LogP contribution is -2.30. The van der Waals surface area contributed by atoms with Gasteiger partial charge >= 0.3 is 17.9 Å². The van der Waals surface area contributed by atoms with Crippen molar-refractivity contribution in [2.75, 3.05) is 13.2 Å². The number of unbranched alkanes of at least 4 members (excludes halogenated alkanes) is 16. The van der Waals surface area contributed by atoms with Crippen molar-refractivity contribution in [3.63, 3.8) is 0 Å². The number of carbonyl (C=O) groups excluding carboxylic acids is 3. The fourth-order valence-corrected chi connectivity index (χ4v) is 6.87. The van der Waals surface area contributed by atoms with Crippen molar-refractivity contribution in [2.45, 2.75) is 232 Å². The van der Waals surface area contributed by atoms with E-state index in [9.17, 15) is 14.4 Å². The maximum Gasteiger partial charge on any atom is 0.306 e. The first-order valence-corrected chi connectivity index (χ1v) is 27.0. The highest BCUT2D eigenvalue weighted by Crippen LogP contribution is 2.12. The largest absolute Gasteiger partial charge is 0.462 e. The third-order valence-corrected chi connectivity index (χ3v) is 10.9. The van der Waals surface area contributed by atoms with Crippen molar-refractivity contribution in [1.29, 1.82) is 0 Å². The van der Waals surface area contributed by atoms with E-state index in [0.29, 0.717) is 12.8 Å². The van der Waals surface area contributed by atoms with Gasteiger partial charge in [-0.3, -0.25) is 14.4 Å². The van der Waals surface area contributed by atoms with Gasteiger partial charge in [0.2, 0.25) is 0 Å². The zero-order valence-electron chi connectivity index (χ0n) is 43.1. The lowest BCUT2D eigenvalue weighted by atomic mass is 10.1. The van der Waals surface area contributed by atoms with Gasteiger partial charge in [0.15, 0.2) is 6.10 Å². The highest BCUT2D eigenvalue weighted by atomic mass is 16.6. The van der Waals surface area contributed by atoms with Crippen LogP contribution < -0.4 is 0 Å². The summed E-state index contributed by atoms with van der Waals surface area (Å²) in [6.07, 6.45) is 74.7. The molecule has 0 aromatic carbocycles. The number of esters is 3. The standard InChI is InChI=1S/C61H98O6/c1-4-7-10-13-16-19-22-25-28-30-33-36-39-42-45-48-51-54-60(63)66-57-58(56-65-59(62)53-50-47-44-41-38-35-32-27-24-21-18-15-12-9-6-3)67-61(64)55-52-49-46-43-40-37-34-31-29-26-23-20-17-14-11-8-5-2/h7,10,16-21,25-29,32-34,36-37,42,45,58H,4-6,8-9,11-15,22-24,30-31,35,38-41,43-44,46-57H2,1-3H3/b10-7-,19-16-,20-17-,21-18-,28-25-,29-26-,32-27-,36-33-,37-34-,45-42-/t58-/m0/s1. The smallest absolute Gasteiger partial charge is 0.306 e. The second-order valence-corrected chi connectivity index (χ2v) is 17.4. The molecule has 0 unspecified atom stereocenters. The second kappa shape index (κ2) is 54.4. The van der Waals surface area contributed by atoms with E-state index in [1.54, 1.807) is 0 Å². The average molecular weight is 927 g/mol. The summed E-state index contributed by atoms with van der Waals surface area (Å²) >= 11 is 0. The zero-order chi connectivity index (χ0) is 48.6. The number of allylic oxidation sites excluding steroid dienone is 20. The van der Waals surface area contributed by atoms with Gasteiger partial charge in [-0.2, -0.15) is 0 Å². The van der Waals surface area contributed by atoms with Crippen molar-refractivity contribution < 1.29 is 28.6 Å². The number of hydrogen-bond acceptors (Lipinski definition) is 6. The Morgan fingerprint density at radius 3 is 0.970 bits per heavy atom. The van der Waals surface area contributed by atoms with Gasteiger partial charge in [-0.15, -0.1) is 0 Å². The predicted octanol–water partition coefficient (Wildman–Crippen LogP) is 18.1. The Labute approximate surface area is 412 Å². The molecule has 0 fully saturated rings. The van der Waals surface area contributed by atoms with Gasteiger partial charge in [-0.05, 0) is 128 Å². The highest BCUT2D eigenvalue weighted by molar-refractivity contribution is 5.71. The van der Waals surface area contributed by atoms with E-state index >= 15 is 0 Å². The first-order chi connectivity index (χ1) is 33.0. The molecule has 0 bridgehead atoms. The molecular weight excluding hydrogens is 829 g/mol. The van der Waals surface area contributed by atoms with Crippen LogP contribution in [0.15, 0.2) is 122 Å². The van der Waals surface area contributed by atoms with E-state index in [-0.39, 0.29) is 44.0 Å². The van der Waals surface area contributed by atoms with Crippen LogP contribution in [0, 0.1) is 0 Å². The lowest BCUT2D eigenvalue weighted by molar-refractivity contribution is -0.167. The summed E-state index contributed by atoms with van der Waals surface area (Å²) in [7, 11) is 0. The van der Waals surface area contributed by atoms with Crippen LogP contribution in [0.25, 0.3) is 0 Å². The quantitative estimate of drug-likeness (QED) is 0.0262. The van der Waals surface area contributed by atoms with E-state index in [1.807, 2.05) is 0 Å². The maximum absolute atomic E-state index is 12.8. The minimum Gasteiger partial charge on any atom is -0.462 e. The molecule has 0 aliphatic rings. The molecule has 378 valence electrons. The van der Waals surface area contributed by atoms with Crippen LogP contribution in [-0.2, 0) is 28.6 Å². The molecule has 0 aromatic heterocycles. The summed E-state index contributed by atoms with van der Waals surface area (Å²) in [6.45, 7) is 6.38. The molecule has 0 aliphatic heterocycles. The summed E-state index contributed by atoms with van der Waals surface area (Å²) in [5, 5.41) is 0. The Balaban J connectivity index is 4.57. The maximum atomic E-state index is 12.8. The van der Waals surface area contributed by atoms with Gasteiger partial charge in [0.25, 0.3) is 0 Å². The summed E-state index contributed by atoms with van der Waals surface area (Å²) in [5.41, 5.74) is 0. The van der Waals surface area contributed by atoms with Crippen molar-refractivity contribution in [2.24, 2.45) is 0 Å². The SMILES string of the molecule is CC/C=C\C/C=C\C/C=C\C/C=C\C/C=C\CCCC(=O)OC[C@H](COC(=O)CCCCCCC/C=C\C/C=C\CCCCC)OC(=O)CCCCCC/C=C\C/C=C\C/C=C\CCCCC. The predicted molar refractivity (Wildman–Crippen MR) is 288 cm³/mol. The Morgan fingerprint density at radius 1 is 0.313 bits per heavy atom. The molecular formula is C61H98O6. The molecule has 0 N–H and O–H groups in total. The van der Waals surface area contributed by atoms with Crippen LogP contribution >= 0.6 is 0 Å². The molecule has 1 atom stereocenters. The monoisotopic (exact) mass is 927 g/mol. The summed E-state index contributed by atoms with van der Waals surface area (Å²) in [4.78, 5) is 38.1. The van der Waals surface area contributed by atoms with E-state index in [4.69, 9.17) is 14.2 Å². The fourth-order valence-electron chi connectivity index (χ4n) is 6.87. The van der Waals surface area contributed by atoms with Crippen molar-refractivity contribution >= 4 is 17.9 Å². The number of ether oxygens (including phenoxy) is 3. The molecule has 0 aliphatic carbocycles. The molecule has 6 nitrogen and oxygen atoms in total. The third-order valence-electron chi connectivity index (χ3n) is 10.9. The normalized spacial score (nSPS) is 13.1. The fraction of sp³-hybridized carbons (Fsp3) is 0.623. The van der Waals surface area contributed by atoms with E-state index in [1.165, 1.54) is 51.4 Å². The van der Waals surface area contributed by atoms with Crippen molar-refractivity contribution in [3.8, 4) is 0 Å². The topological polar surface area (TPSA) is 78.9 Å². The minimum atomic E-state index is -0.822. The molecule has 0 spiro atoms. The van der Waals surface area contributed by atoms with Gasteiger partial charge in [0.05, 0.1) is 0 Å². The van der Waals surface area contributed by atoms with E-state index in [0.717, 1.165) is 128 Å². The van der Waals surface area contributed by atoms with Crippen molar-refractivity contribution in [1.82, 2.24) is 0 Å². The number of rotatable bonds is 47. The Bertz CT molecular complexity index is 1440. The van der Waals surface area contributed by atoms with E-state index in [2.05, 4.69) is 142 Å². The van der Waals surface area contributed by atoms with Crippen LogP contribution in [0.4, 0.5) is 0 Å². The molecule has 67 heavy (non-hydrogen) atoms. The Kier molecular flexibility index (Phi) is 51.0. The first kappa shape index (κ1) is 62.8. The van der Waals surface area contributed by atoms with Gasteiger partial charge in [-0.25, -0.2) is 0 Å². The van der Waals surface area contributed by atoms with Crippen LogP contribution in [0.5, 0.6) is 0 Å². The molecule has 0 aromatic rings. The first-order valence-electron chi connectivity index (χ1n) is 27.0. The average Bonchev–Trinajstić information content (AvgIpc) is 3.33. The summed E-state index contributed by atoms with van der Waals surface area (Å²) < 4.78 is 16.7. The number of carbonyl (C=O) groups is 3. The summed E-state index contributed by atoms with van der Waals surface area (Å²) in [6, 6.07) is 0. The molecule has 0 amide bonds. The van der Waals surface area contributed by atoms with Crippen LogP contribution in [0.3, 0.4) is 0 Å². The molecule has 6 heteroatoms. The van der Waals surface area contributed by atoms with Crippen LogP contribution in [0.2, 0.25) is 0 Å². The highest BCUT2D eigenvalue weighted by Gasteiger charge is 2.19. The molecule has 0 rings (SSSR count). The lowest BCUT2D eigenvalue weighted by Gasteiger charge is -2.18. The molecule has 0 heterocycles. The van der Waals surface area contributed by atoms with Gasteiger partial charge < -0.3 is 14.2 Å². The van der Waals surface area contributed by atoms with Crippen molar-refractivity contribution in [3.05, 3.63) is 122 Å². The Hall–Kier alpha value is -4.19. The van der Waals surface area contributed by atoms with E-state index < -0.39 is 6.10 Å². The summed E-state index contributed by atoms with van der Waals surface area (Å²) in [5.74, 6) is -1.02. The van der Waals surface area contributed by atoms with Crippen LogP contribution in [0.1, 0.15) is 226 Å². The Morgan fingerprint density at radius 2 is 0.597 bits per heavy atom. The zero-order valence-corrected chi connectivity index (χ0v) is 43.1. The third kappa shape index (κ3) is 52.6. The molecule has 0 radical (unpaired) electrons. The van der Waals surface area contributed by atoms with Gasteiger partial charge in [-0.1, -0.05) is 200 Å². The number of hydrogen-bond donors (Lipinski definition) is 0. The van der Waals surface area contributed by atoms with Gasteiger partial charge in [0, 0.05) is 19.3 Å². The van der Waals surface area contributed by atoms with Crippen LogP contribution in [-0.4, -0.2) is 37.2 Å². The van der Waals surface area contributed by atoms with Gasteiger partial charge in [0.1, 0.15) is 13.2 Å². The molecule has 0 saturated carbocycles. The molecule has 0 saturated heterocycles.